The van der Waals surface area contributed by atoms with E-state index in [-0.39, 0.29) is 40.1 Å². The number of aromatic amines is 1. The van der Waals surface area contributed by atoms with E-state index in [9.17, 15) is 18.0 Å². The summed E-state index contributed by atoms with van der Waals surface area (Å²) in [5.41, 5.74) is 6.06. The Kier molecular flexibility index (Phi) is 8.28. The van der Waals surface area contributed by atoms with Crippen LogP contribution in [0.1, 0.15) is 31.8 Å². The van der Waals surface area contributed by atoms with Crippen molar-refractivity contribution >= 4 is 27.1 Å². The number of fused-ring (bicyclic) bond motifs is 1. The lowest BCUT2D eigenvalue weighted by atomic mass is 10.2. The molecule has 0 unspecified atom stereocenters. The number of nitrogens with zero attached hydrogens (tertiary/aromatic N) is 3. The van der Waals surface area contributed by atoms with Crippen LogP contribution in [0.3, 0.4) is 0 Å². The summed E-state index contributed by atoms with van der Waals surface area (Å²) in [6.07, 6.45) is 1.41. The van der Waals surface area contributed by atoms with Gasteiger partial charge in [0.25, 0.3) is 21.5 Å². The van der Waals surface area contributed by atoms with E-state index in [1.807, 2.05) is 6.92 Å². The molecule has 4 rings (SSSR count). The van der Waals surface area contributed by atoms with Gasteiger partial charge in [-0.2, -0.15) is 0 Å². The number of benzene rings is 2. The van der Waals surface area contributed by atoms with Crippen LogP contribution in [-0.4, -0.2) is 54.2 Å². The van der Waals surface area contributed by atoms with E-state index in [0.29, 0.717) is 35.8 Å². The second kappa shape index (κ2) is 11.7. The Bertz CT molecular complexity index is 1730. The van der Waals surface area contributed by atoms with Crippen LogP contribution in [0.25, 0.3) is 16.9 Å². The molecule has 40 heavy (non-hydrogen) atoms. The lowest BCUT2D eigenvalue weighted by molar-refractivity contribution is -0.119. The van der Waals surface area contributed by atoms with Gasteiger partial charge in [0, 0.05) is 12.5 Å². The SMILES string of the molecule is CCCc1nc(C)c2c(=O)[nH]c(-c3cc(S(=O)(=O)Nc4ccc(OCC(N)=O)c(OC)c4)ccc3OCC)nn12. The Labute approximate surface area is 230 Å². The minimum atomic E-state index is -4.12. The highest BCUT2D eigenvalue weighted by Gasteiger charge is 2.22. The summed E-state index contributed by atoms with van der Waals surface area (Å²) in [5.74, 6) is 0.847. The molecule has 0 aliphatic carbocycles. The summed E-state index contributed by atoms with van der Waals surface area (Å²) in [6, 6.07) is 8.59. The minimum absolute atomic E-state index is 0.0997. The van der Waals surface area contributed by atoms with Gasteiger partial charge in [0.2, 0.25) is 0 Å². The first kappa shape index (κ1) is 28.4. The van der Waals surface area contributed by atoms with Gasteiger partial charge in [0.05, 0.1) is 35.6 Å². The van der Waals surface area contributed by atoms with Crippen LogP contribution in [-0.2, 0) is 21.2 Å². The van der Waals surface area contributed by atoms with E-state index in [4.69, 9.17) is 19.9 Å². The molecule has 4 N–H and O–H groups in total. The number of ether oxygens (including phenoxy) is 3. The molecular formula is C26H30N6O7S. The molecule has 4 aromatic rings. The highest BCUT2D eigenvalue weighted by atomic mass is 32.2. The number of hydrogen-bond donors (Lipinski definition) is 3. The van der Waals surface area contributed by atoms with Crippen LogP contribution in [0.2, 0.25) is 0 Å². The van der Waals surface area contributed by atoms with Crippen molar-refractivity contribution in [2.24, 2.45) is 5.73 Å². The van der Waals surface area contributed by atoms with Crippen LogP contribution in [0.15, 0.2) is 46.1 Å². The quantitative estimate of drug-likeness (QED) is 0.230. The standard InChI is InChI=1S/C26H30N6O7S/c1-5-7-23-28-15(3)24-26(34)29-25(30-32(23)24)18-13-17(9-11-19(18)38-6-2)40(35,36)31-16-8-10-20(21(12-16)37-4)39-14-22(27)33/h8-13,31H,5-7,14H2,1-4H3,(H2,27,33)(H,29,30,34). The van der Waals surface area contributed by atoms with Crippen molar-refractivity contribution in [3.8, 4) is 28.6 Å². The maximum absolute atomic E-state index is 13.4. The zero-order valence-electron chi connectivity index (χ0n) is 22.5. The predicted molar refractivity (Wildman–Crippen MR) is 147 cm³/mol. The number of anilines is 1. The molecule has 0 aliphatic rings. The molecule has 0 bridgehead atoms. The average Bonchev–Trinajstić information content (AvgIpc) is 3.23. The molecule has 1 amide bonds. The molecule has 13 nitrogen and oxygen atoms in total. The Balaban J connectivity index is 1.75. The van der Waals surface area contributed by atoms with Crippen molar-refractivity contribution in [1.29, 1.82) is 0 Å². The number of primary amides is 1. The molecule has 0 saturated carbocycles. The second-order valence-corrected chi connectivity index (χ2v) is 10.4. The summed E-state index contributed by atoms with van der Waals surface area (Å²) >= 11 is 0. The van der Waals surface area contributed by atoms with E-state index >= 15 is 0 Å². The molecule has 0 radical (unpaired) electrons. The molecule has 212 valence electrons. The molecule has 0 atom stereocenters. The van der Waals surface area contributed by atoms with E-state index in [1.54, 1.807) is 13.8 Å². The number of methoxy groups -OCH3 is 1. The van der Waals surface area contributed by atoms with Crippen molar-refractivity contribution in [2.75, 3.05) is 25.0 Å². The Morgan fingerprint density at radius 3 is 2.52 bits per heavy atom. The lowest BCUT2D eigenvalue weighted by Gasteiger charge is -2.15. The number of aryl methyl sites for hydroxylation is 2. The summed E-state index contributed by atoms with van der Waals surface area (Å²) in [4.78, 5) is 31.2. The summed E-state index contributed by atoms with van der Waals surface area (Å²) in [5, 5.41) is 4.60. The zero-order valence-corrected chi connectivity index (χ0v) is 23.3. The van der Waals surface area contributed by atoms with Gasteiger partial charge in [-0.1, -0.05) is 6.92 Å². The number of imidazole rings is 1. The first-order valence-corrected chi connectivity index (χ1v) is 13.9. The fourth-order valence-electron chi connectivity index (χ4n) is 4.10. The number of amides is 1. The van der Waals surface area contributed by atoms with Crippen molar-refractivity contribution in [2.45, 2.75) is 38.5 Å². The van der Waals surface area contributed by atoms with Crippen molar-refractivity contribution in [3.05, 3.63) is 58.3 Å². The third-order valence-corrected chi connectivity index (χ3v) is 7.20. The Morgan fingerprint density at radius 1 is 1.10 bits per heavy atom. The van der Waals surface area contributed by atoms with Gasteiger partial charge < -0.3 is 24.9 Å². The number of rotatable bonds is 12. The number of hydrogen-bond acceptors (Lipinski definition) is 9. The normalized spacial score (nSPS) is 11.4. The minimum Gasteiger partial charge on any atom is -0.493 e. The molecule has 0 aliphatic heterocycles. The Hall–Kier alpha value is -4.59. The van der Waals surface area contributed by atoms with E-state index < -0.39 is 21.5 Å². The van der Waals surface area contributed by atoms with Crippen molar-refractivity contribution in [3.63, 3.8) is 0 Å². The van der Waals surface area contributed by atoms with Gasteiger partial charge in [0.1, 0.15) is 11.6 Å². The number of carbonyl (C=O) groups excluding carboxylic acids is 1. The summed E-state index contributed by atoms with van der Waals surface area (Å²) in [6.45, 7) is 5.46. The molecule has 0 fully saturated rings. The third-order valence-electron chi connectivity index (χ3n) is 5.82. The van der Waals surface area contributed by atoms with Crippen LogP contribution in [0, 0.1) is 6.92 Å². The largest absolute Gasteiger partial charge is 0.493 e. The molecule has 2 aromatic carbocycles. The highest BCUT2D eigenvalue weighted by Crippen LogP contribution is 2.33. The van der Waals surface area contributed by atoms with Gasteiger partial charge >= 0.3 is 0 Å². The van der Waals surface area contributed by atoms with E-state index in [1.165, 1.54) is 48.0 Å². The van der Waals surface area contributed by atoms with Crippen molar-refractivity contribution in [1.82, 2.24) is 19.6 Å². The zero-order chi connectivity index (χ0) is 29.0. The van der Waals surface area contributed by atoms with E-state index in [0.717, 1.165) is 6.42 Å². The number of carbonyl (C=O) groups is 1. The first-order chi connectivity index (χ1) is 19.1. The molecular weight excluding hydrogens is 540 g/mol. The highest BCUT2D eigenvalue weighted by molar-refractivity contribution is 7.92. The molecule has 0 spiro atoms. The first-order valence-electron chi connectivity index (χ1n) is 12.5. The molecule has 0 saturated heterocycles. The van der Waals surface area contributed by atoms with Gasteiger partial charge in [-0.25, -0.2) is 17.9 Å². The number of nitrogens with one attached hydrogen (secondary N) is 2. The van der Waals surface area contributed by atoms with Gasteiger partial charge in [0.15, 0.2) is 29.4 Å². The van der Waals surface area contributed by atoms with E-state index in [2.05, 4.69) is 19.8 Å². The Morgan fingerprint density at radius 2 is 1.85 bits per heavy atom. The summed E-state index contributed by atoms with van der Waals surface area (Å²) < 4.78 is 47.0. The van der Waals surface area contributed by atoms with Crippen molar-refractivity contribution < 1.29 is 27.4 Å². The number of H-pyrrole nitrogens is 1. The maximum atomic E-state index is 13.4. The predicted octanol–water partition coefficient (Wildman–Crippen LogP) is 2.42. The lowest BCUT2D eigenvalue weighted by Crippen LogP contribution is -2.20. The fourth-order valence-corrected chi connectivity index (χ4v) is 5.17. The van der Waals surface area contributed by atoms with Gasteiger partial charge in [-0.05, 0) is 50.6 Å². The molecule has 2 heterocycles. The number of sulfonamides is 1. The monoisotopic (exact) mass is 570 g/mol. The van der Waals surface area contributed by atoms with Crippen LogP contribution < -0.4 is 30.2 Å². The van der Waals surface area contributed by atoms with Gasteiger partial charge in [-0.3, -0.25) is 14.3 Å². The number of nitrogens with two attached hydrogens (primary N) is 1. The molecule has 14 heteroatoms. The average molecular weight is 571 g/mol. The van der Waals surface area contributed by atoms with Crippen LogP contribution in [0.5, 0.6) is 17.2 Å². The smallest absolute Gasteiger partial charge is 0.277 e. The summed E-state index contributed by atoms with van der Waals surface area (Å²) in [7, 11) is -2.74. The third kappa shape index (κ3) is 5.86. The topological polar surface area (TPSA) is 180 Å². The fraction of sp³-hybridized carbons (Fsp3) is 0.308. The maximum Gasteiger partial charge on any atom is 0.277 e. The van der Waals surface area contributed by atoms with Crippen LogP contribution >= 0.6 is 0 Å². The number of aromatic nitrogens is 4. The van der Waals surface area contributed by atoms with Gasteiger partial charge in [-0.15, -0.1) is 5.10 Å². The second-order valence-electron chi connectivity index (χ2n) is 8.74. The molecule has 2 aromatic heterocycles. The van der Waals surface area contributed by atoms with Crippen LogP contribution in [0.4, 0.5) is 5.69 Å².